The number of rotatable bonds is 5. The van der Waals surface area contributed by atoms with Crippen LogP contribution in [0.3, 0.4) is 0 Å². The summed E-state index contributed by atoms with van der Waals surface area (Å²) in [5.41, 5.74) is 1.28. The van der Waals surface area contributed by atoms with Crippen LogP contribution in [0.15, 0.2) is 24.3 Å². The van der Waals surface area contributed by atoms with Gasteiger partial charge in [-0.25, -0.2) is 4.79 Å². The maximum atomic E-state index is 12.0. The van der Waals surface area contributed by atoms with Gasteiger partial charge >= 0.3 is 5.97 Å². The quantitative estimate of drug-likeness (QED) is 0.569. The van der Waals surface area contributed by atoms with E-state index in [1.54, 1.807) is 12.1 Å². The summed E-state index contributed by atoms with van der Waals surface area (Å²) in [6, 6.07) is 5.93. The fourth-order valence-corrected chi connectivity index (χ4v) is 2.26. The Labute approximate surface area is 134 Å². The van der Waals surface area contributed by atoms with Crippen molar-refractivity contribution in [2.75, 3.05) is 5.75 Å². The highest BCUT2D eigenvalue weighted by Crippen LogP contribution is 2.43. The normalized spacial score (nSPS) is 22.0. The van der Waals surface area contributed by atoms with Gasteiger partial charge in [0.15, 0.2) is 6.23 Å². The Balaban J connectivity index is 2.01. The number of carboxylic acid groups (broad SMARTS) is 1. The van der Waals surface area contributed by atoms with E-state index in [2.05, 4.69) is 38.7 Å². The van der Waals surface area contributed by atoms with Gasteiger partial charge in [-0.2, -0.15) is 12.6 Å². The van der Waals surface area contributed by atoms with E-state index in [-0.39, 0.29) is 17.5 Å². The van der Waals surface area contributed by atoms with Gasteiger partial charge in [0, 0.05) is 16.9 Å². The van der Waals surface area contributed by atoms with Gasteiger partial charge in [-0.15, -0.1) is 5.06 Å². The van der Waals surface area contributed by atoms with Crippen LogP contribution in [0.4, 0.5) is 0 Å². The van der Waals surface area contributed by atoms with Gasteiger partial charge < -0.3 is 10.4 Å². The lowest BCUT2D eigenvalue weighted by Gasteiger charge is -2.16. The number of carbonyl (C=O) groups is 2. The van der Waals surface area contributed by atoms with Crippen molar-refractivity contribution >= 4 is 24.5 Å². The first-order valence-electron chi connectivity index (χ1n) is 6.94. The number of aliphatic carboxylic acids is 1. The van der Waals surface area contributed by atoms with E-state index in [0.29, 0.717) is 5.56 Å². The van der Waals surface area contributed by atoms with Crippen LogP contribution in [0.2, 0.25) is 0 Å². The Hall–Kier alpha value is -1.57. The second-order valence-corrected chi connectivity index (χ2v) is 6.49. The zero-order valence-electron chi connectivity index (χ0n) is 12.7. The average Bonchev–Trinajstić information content (AvgIpc) is 3.24. The molecule has 2 unspecified atom stereocenters. The van der Waals surface area contributed by atoms with Crippen molar-refractivity contribution in [3.63, 3.8) is 0 Å². The molecule has 6 nitrogen and oxygen atoms in total. The van der Waals surface area contributed by atoms with Crippen LogP contribution in [0.5, 0.6) is 0 Å². The van der Waals surface area contributed by atoms with Crippen molar-refractivity contribution in [2.24, 2.45) is 0 Å². The molecule has 0 bridgehead atoms. The predicted molar refractivity (Wildman–Crippen MR) is 84.6 cm³/mol. The molecule has 1 fully saturated rings. The zero-order valence-corrected chi connectivity index (χ0v) is 13.6. The second-order valence-electron chi connectivity index (χ2n) is 6.12. The maximum Gasteiger partial charge on any atom is 0.327 e. The minimum Gasteiger partial charge on any atom is -0.480 e. The van der Waals surface area contributed by atoms with Crippen LogP contribution in [0, 0.1) is 0 Å². The number of nitrogens with zero attached hydrogens (tertiary/aromatic N) is 1. The molecule has 0 aromatic heterocycles. The van der Waals surface area contributed by atoms with E-state index < -0.39 is 17.9 Å². The number of hydrogen-bond donors (Lipinski definition) is 3. The largest absolute Gasteiger partial charge is 0.480 e. The van der Waals surface area contributed by atoms with E-state index in [9.17, 15) is 9.59 Å². The number of carbonyl (C=O) groups excluding carboxylic acids is 1. The molecular formula is C15H20N2O4S. The van der Waals surface area contributed by atoms with E-state index in [4.69, 9.17) is 9.94 Å². The third kappa shape index (κ3) is 3.79. The lowest BCUT2D eigenvalue weighted by molar-refractivity contribution is -0.138. The molecule has 120 valence electrons. The van der Waals surface area contributed by atoms with E-state index in [1.165, 1.54) is 0 Å². The Morgan fingerprint density at radius 3 is 2.36 bits per heavy atom. The first-order chi connectivity index (χ1) is 10.2. The van der Waals surface area contributed by atoms with E-state index in [0.717, 1.165) is 5.56 Å². The van der Waals surface area contributed by atoms with Crippen LogP contribution in [-0.4, -0.2) is 39.4 Å². The molecule has 1 aliphatic heterocycles. The molecule has 1 amide bonds. The molecule has 2 rings (SSSR count). The minimum atomic E-state index is -1.10. The van der Waals surface area contributed by atoms with Crippen molar-refractivity contribution in [1.29, 1.82) is 0 Å². The summed E-state index contributed by atoms with van der Waals surface area (Å²) in [6.45, 7) is 6.16. The Morgan fingerprint density at radius 1 is 1.36 bits per heavy atom. The van der Waals surface area contributed by atoms with Gasteiger partial charge in [-0.3, -0.25) is 9.63 Å². The van der Waals surface area contributed by atoms with Gasteiger partial charge in [0.1, 0.15) is 6.04 Å². The van der Waals surface area contributed by atoms with Crippen molar-refractivity contribution in [3.05, 3.63) is 35.4 Å². The Kier molecular flexibility index (Phi) is 4.79. The molecule has 0 radical (unpaired) electrons. The number of hydroxylamine groups is 2. The predicted octanol–water partition coefficient (Wildman–Crippen LogP) is 1.84. The first-order valence-corrected chi connectivity index (χ1v) is 7.58. The first kappa shape index (κ1) is 16.8. The molecule has 0 saturated carbocycles. The molecule has 1 heterocycles. The number of thiol groups is 1. The molecule has 22 heavy (non-hydrogen) atoms. The molecule has 0 spiro atoms. The lowest BCUT2D eigenvalue weighted by atomic mass is 10.1. The van der Waals surface area contributed by atoms with Gasteiger partial charge in [-0.05, 0) is 38.5 Å². The SMILES string of the molecule is CC(C)(C)N1OC1c1ccc(C(=O)N[C@@H](CS)C(=O)O)cc1. The smallest absolute Gasteiger partial charge is 0.327 e. The maximum absolute atomic E-state index is 12.0. The highest BCUT2D eigenvalue weighted by Gasteiger charge is 2.45. The minimum absolute atomic E-state index is 0.0373. The van der Waals surface area contributed by atoms with Gasteiger partial charge in [0.25, 0.3) is 5.91 Å². The molecule has 1 aromatic carbocycles. The molecule has 7 heteroatoms. The van der Waals surface area contributed by atoms with E-state index >= 15 is 0 Å². The van der Waals surface area contributed by atoms with Gasteiger partial charge in [0.2, 0.25) is 0 Å². The average molecular weight is 324 g/mol. The third-order valence-corrected chi connectivity index (χ3v) is 3.65. The lowest BCUT2D eigenvalue weighted by Crippen LogP contribution is -2.42. The molecular weight excluding hydrogens is 304 g/mol. The summed E-state index contributed by atoms with van der Waals surface area (Å²) in [5.74, 6) is -1.50. The van der Waals surface area contributed by atoms with Gasteiger partial charge in [-0.1, -0.05) is 12.1 Å². The van der Waals surface area contributed by atoms with Crippen molar-refractivity contribution in [3.8, 4) is 0 Å². The molecule has 2 N–H and O–H groups in total. The van der Waals surface area contributed by atoms with Crippen LogP contribution in [0.25, 0.3) is 0 Å². The Bertz CT molecular complexity index is 568. The Morgan fingerprint density at radius 2 is 1.95 bits per heavy atom. The summed E-state index contributed by atoms with van der Waals surface area (Å²) in [4.78, 5) is 28.4. The van der Waals surface area contributed by atoms with Crippen molar-refractivity contribution < 1.29 is 19.5 Å². The number of benzene rings is 1. The fourth-order valence-electron chi connectivity index (χ4n) is 2.01. The van der Waals surface area contributed by atoms with Gasteiger partial charge in [0.05, 0.1) is 0 Å². The zero-order chi connectivity index (χ0) is 16.5. The highest BCUT2D eigenvalue weighted by atomic mass is 32.1. The number of carboxylic acids is 1. The van der Waals surface area contributed by atoms with Crippen molar-refractivity contribution in [2.45, 2.75) is 38.6 Å². The fraction of sp³-hybridized carbons (Fsp3) is 0.467. The number of amides is 1. The summed E-state index contributed by atoms with van der Waals surface area (Å²) >= 11 is 3.91. The highest BCUT2D eigenvalue weighted by molar-refractivity contribution is 7.80. The van der Waals surface area contributed by atoms with Crippen LogP contribution in [-0.2, 0) is 9.63 Å². The molecule has 3 atom stereocenters. The number of nitrogens with one attached hydrogen (secondary N) is 1. The third-order valence-electron chi connectivity index (χ3n) is 3.29. The topological polar surface area (TPSA) is 81.9 Å². The summed E-state index contributed by atoms with van der Waals surface area (Å²) in [6.07, 6.45) is -0.0960. The molecule has 1 aliphatic rings. The van der Waals surface area contributed by atoms with Crippen molar-refractivity contribution in [1.82, 2.24) is 10.4 Å². The second kappa shape index (κ2) is 6.28. The standard InChI is InChI=1S/C15H20N2O4S/c1-15(2,3)17-13(21-17)10-6-4-9(5-7-10)12(18)16-11(8-22)14(19)20/h4-7,11,13,22H,8H2,1-3H3,(H,16,18)(H,19,20)/t11-,13?,17?/m0/s1. The van der Waals surface area contributed by atoms with Crippen LogP contribution in [0.1, 0.15) is 42.9 Å². The summed E-state index contributed by atoms with van der Waals surface area (Å²) < 4.78 is 0. The molecule has 0 aliphatic carbocycles. The van der Waals surface area contributed by atoms with Crippen LogP contribution < -0.4 is 5.32 Å². The van der Waals surface area contributed by atoms with E-state index in [1.807, 2.05) is 17.2 Å². The number of hydrogen-bond acceptors (Lipinski definition) is 5. The molecule has 1 saturated heterocycles. The van der Waals surface area contributed by atoms with Crippen LogP contribution >= 0.6 is 12.6 Å². The monoisotopic (exact) mass is 324 g/mol. The molecule has 1 aromatic rings. The summed E-state index contributed by atoms with van der Waals surface area (Å²) in [7, 11) is 0. The summed E-state index contributed by atoms with van der Waals surface area (Å²) in [5, 5.41) is 13.2.